The molecule has 0 saturated heterocycles. The minimum atomic E-state index is 0.777. The molecule has 0 spiro atoms. The van der Waals surface area contributed by atoms with E-state index in [9.17, 15) is 0 Å². The van der Waals surface area contributed by atoms with Crippen molar-refractivity contribution in [3.05, 3.63) is 29.3 Å². The highest BCUT2D eigenvalue weighted by Gasteiger charge is 2.18. The first-order valence-corrected chi connectivity index (χ1v) is 7.05. The Hall–Kier alpha value is -1.55. The molecule has 0 unspecified atom stereocenters. The van der Waals surface area contributed by atoms with E-state index in [0.29, 0.717) is 0 Å². The Labute approximate surface area is 114 Å². The van der Waals surface area contributed by atoms with Crippen LogP contribution in [0.3, 0.4) is 0 Å². The van der Waals surface area contributed by atoms with Gasteiger partial charge in [0.25, 0.3) is 0 Å². The third kappa shape index (κ3) is 2.73. The largest absolute Gasteiger partial charge is 0.460 e. The zero-order chi connectivity index (χ0) is 13.8. The molecule has 4 heteroatoms. The normalized spacial score (nSPS) is 11.2. The van der Waals surface area contributed by atoms with Crippen molar-refractivity contribution in [1.82, 2.24) is 15.1 Å². The average Bonchev–Trinajstić information content (AvgIpc) is 2.99. The summed E-state index contributed by atoms with van der Waals surface area (Å²) >= 11 is 0. The zero-order valence-electron chi connectivity index (χ0n) is 12.3. The highest BCUT2D eigenvalue weighted by atomic mass is 16.3. The van der Waals surface area contributed by atoms with Crippen molar-refractivity contribution < 1.29 is 4.42 Å². The van der Waals surface area contributed by atoms with E-state index in [1.807, 2.05) is 17.8 Å². The zero-order valence-corrected chi connectivity index (χ0v) is 12.3. The smallest absolute Gasteiger partial charge is 0.138 e. The third-order valence-electron chi connectivity index (χ3n) is 3.37. The average molecular weight is 261 g/mol. The van der Waals surface area contributed by atoms with E-state index in [0.717, 1.165) is 43.1 Å². The molecule has 0 bridgehead atoms. The monoisotopic (exact) mass is 261 g/mol. The Morgan fingerprint density at radius 2 is 2.00 bits per heavy atom. The van der Waals surface area contributed by atoms with Gasteiger partial charge in [-0.2, -0.15) is 5.10 Å². The lowest BCUT2D eigenvalue weighted by Crippen LogP contribution is -2.10. The first-order chi connectivity index (χ1) is 9.21. The highest BCUT2D eigenvalue weighted by Crippen LogP contribution is 2.30. The molecule has 2 aromatic rings. The maximum atomic E-state index is 5.95. The van der Waals surface area contributed by atoms with Crippen LogP contribution in [0.5, 0.6) is 0 Å². The summed E-state index contributed by atoms with van der Waals surface area (Å²) in [6, 6.07) is 4.10. The Balaban J connectivity index is 2.37. The lowest BCUT2D eigenvalue weighted by atomic mass is 10.1. The Morgan fingerprint density at radius 1 is 1.21 bits per heavy atom. The second-order valence-electron chi connectivity index (χ2n) is 4.65. The standard InChI is InChI=1S/C15H23N3O/c1-5-12-15(13(6-2)18(4)17-12)14-9-8-11(19-14)10-16-7-3/h8-9,16H,5-7,10H2,1-4H3. The highest BCUT2D eigenvalue weighted by molar-refractivity contribution is 5.64. The molecule has 2 heterocycles. The first kappa shape index (κ1) is 13.9. The number of aryl methyl sites for hydroxylation is 2. The van der Waals surface area contributed by atoms with Crippen molar-refractivity contribution in [1.29, 1.82) is 0 Å². The molecule has 0 aliphatic heterocycles. The van der Waals surface area contributed by atoms with Crippen molar-refractivity contribution in [2.75, 3.05) is 6.54 Å². The van der Waals surface area contributed by atoms with Crippen LogP contribution in [0.4, 0.5) is 0 Å². The fraction of sp³-hybridized carbons (Fsp3) is 0.533. The molecular weight excluding hydrogens is 238 g/mol. The molecular formula is C15H23N3O. The predicted molar refractivity (Wildman–Crippen MR) is 77.0 cm³/mol. The van der Waals surface area contributed by atoms with Crippen LogP contribution in [-0.2, 0) is 26.4 Å². The van der Waals surface area contributed by atoms with Gasteiger partial charge >= 0.3 is 0 Å². The molecule has 104 valence electrons. The van der Waals surface area contributed by atoms with E-state index in [-0.39, 0.29) is 0 Å². The Bertz CT molecular complexity index is 540. The SMILES string of the molecule is CCNCc1ccc(-c2c(CC)nn(C)c2CC)o1. The fourth-order valence-corrected chi connectivity index (χ4v) is 2.41. The van der Waals surface area contributed by atoms with Crippen molar-refractivity contribution >= 4 is 0 Å². The molecule has 0 saturated carbocycles. The van der Waals surface area contributed by atoms with Crippen LogP contribution < -0.4 is 5.32 Å². The summed E-state index contributed by atoms with van der Waals surface area (Å²) in [5.74, 6) is 1.92. The van der Waals surface area contributed by atoms with Gasteiger partial charge in [-0.3, -0.25) is 4.68 Å². The van der Waals surface area contributed by atoms with Crippen LogP contribution in [0.1, 0.15) is 37.9 Å². The van der Waals surface area contributed by atoms with Gasteiger partial charge in [0.15, 0.2) is 0 Å². The van der Waals surface area contributed by atoms with E-state index in [1.165, 1.54) is 11.3 Å². The number of furan rings is 1. The molecule has 2 aromatic heterocycles. The minimum Gasteiger partial charge on any atom is -0.460 e. The van der Waals surface area contributed by atoms with Crippen LogP contribution in [0.25, 0.3) is 11.3 Å². The van der Waals surface area contributed by atoms with Crippen LogP contribution in [-0.4, -0.2) is 16.3 Å². The number of nitrogens with zero attached hydrogens (tertiary/aromatic N) is 2. The first-order valence-electron chi connectivity index (χ1n) is 7.05. The van der Waals surface area contributed by atoms with Crippen LogP contribution in [0.15, 0.2) is 16.5 Å². The van der Waals surface area contributed by atoms with Gasteiger partial charge in [-0.15, -0.1) is 0 Å². The van der Waals surface area contributed by atoms with E-state index >= 15 is 0 Å². The molecule has 0 aliphatic carbocycles. The third-order valence-corrected chi connectivity index (χ3v) is 3.37. The van der Waals surface area contributed by atoms with Crippen molar-refractivity contribution in [3.8, 4) is 11.3 Å². The maximum absolute atomic E-state index is 5.95. The van der Waals surface area contributed by atoms with Gasteiger partial charge in [-0.05, 0) is 31.5 Å². The predicted octanol–water partition coefficient (Wildman–Crippen LogP) is 2.91. The molecule has 0 fully saturated rings. The molecule has 2 rings (SSSR count). The lowest BCUT2D eigenvalue weighted by molar-refractivity contribution is 0.497. The van der Waals surface area contributed by atoms with Gasteiger partial charge in [0, 0.05) is 12.7 Å². The summed E-state index contributed by atoms with van der Waals surface area (Å²) in [6.45, 7) is 8.11. The second kappa shape index (κ2) is 6.06. The maximum Gasteiger partial charge on any atom is 0.138 e. The molecule has 0 atom stereocenters. The van der Waals surface area contributed by atoms with E-state index in [4.69, 9.17) is 4.42 Å². The number of hydrogen-bond acceptors (Lipinski definition) is 3. The van der Waals surface area contributed by atoms with Gasteiger partial charge in [0.1, 0.15) is 11.5 Å². The number of rotatable bonds is 6. The topological polar surface area (TPSA) is 43.0 Å². The van der Waals surface area contributed by atoms with Crippen molar-refractivity contribution in [3.63, 3.8) is 0 Å². The van der Waals surface area contributed by atoms with Gasteiger partial charge in [0.05, 0.1) is 17.8 Å². The Kier molecular flexibility index (Phi) is 4.43. The van der Waals surface area contributed by atoms with Gasteiger partial charge < -0.3 is 9.73 Å². The second-order valence-corrected chi connectivity index (χ2v) is 4.65. The molecule has 19 heavy (non-hydrogen) atoms. The Morgan fingerprint density at radius 3 is 2.63 bits per heavy atom. The van der Waals surface area contributed by atoms with Crippen LogP contribution >= 0.6 is 0 Å². The van der Waals surface area contributed by atoms with Gasteiger partial charge in [0.2, 0.25) is 0 Å². The molecule has 1 N–H and O–H groups in total. The molecule has 0 aliphatic rings. The van der Waals surface area contributed by atoms with Gasteiger partial charge in [-0.25, -0.2) is 0 Å². The summed E-state index contributed by atoms with van der Waals surface area (Å²) in [6.07, 6.45) is 1.88. The summed E-state index contributed by atoms with van der Waals surface area (Å²) in [7, 11) is 2.00. The molecule has 0 radical (unpaired) electrons. The van der Waals surface area contributed by atoms with E-state index in [2.05, 4.69) is 37.3 Å². The summed E-state index contributed by atoms with van der Waals surface area (Å²) in [5.41, 5.74) is 3.53. The molecule has 4 nitrogen and oxygen atoms in total. The van der Waals surface area contributed by atoms with Crippen molar-refractivity contribution in [2.24, 2.45) is 7.05 Å². The summed E-state index contributed by atoms with van der Waals surface area (Å²) < 4.78 is 7.93. The van der Waals surface area contributed by atoms with Gasteiger partial charge in [-0.1, -0.05) is 20.8 Å². The summed E-state index contributed by atoms with van der Waals surface area (Å²) in [4.78, 5) is 0. The number of aromatic nitrogens is 2. The minimum absolute atomic E-state index is 0.777. The van der Waals surface area contributed by atoms with Crippen LogP contribution in [0.2, 0.25) is 0 Å². The number of nitrogens with one attached hydrogen (secondary N) is 1. The summed E-state index contributed by atoms with van der Waals surface area (Å²) in [5, 5.41) is 7.87. The van der Waals surface area contributed by atoms with Crippen molar-refractivity contribution in [2.45, 2.75) is 40.2 Å². The quantitative estimate of drug-likeness (QED) is 0.869. The van der Waals surface area contributed by atoms with Crippen LogP contribution in [0, 0.1) is 0 Å². The molecule has 0 amide bonds. The lowest BCUT2D eigenvalue weighted by Gasteiger charge is -2.02. The molecule has 0 aromatic carbocycles. The van der Waals surface area contributed by atoms with E-state index < -0.39 is 0 Å². The van der Waals surface area contributed by atoms with E-state index in [1.54, 1.807) is 0 Å². The fourth-order valence-electron chi connectivity index (χ4n) is 2.41. The number of hydrogen-bond donors (Lipinski definition) is 1.